The molecular formula is C24H20O6S. The highest BCUT2D eigenvalue weighted by molar-refractivity contribution is 7.10. The number of carbonyl (C=O) groups excluding carboxylic acids is 1. The molecule has 2 aromatic heterocycles. The number of aryl methyl sites for hydroxylation is 1. The first-order valence-electron chi connectivity index (χ1n) is 9.53. The molecule has 0 radical (unpaired) electrons. The molecule has 0 aliphatic rings. The first-order chi connectivity index (χ1) is 15.0. The van der Waals surface area contributed by atoms with E-state index in [1.807, 2.05) is 24.4 Å². The summed E-state index contributed by atoms with van der Waals surface area (Å²) in [6.07, 6.45) is 0.204. The summed E-state index contributed by atoms with van der Waals surface area (Å²) in [4.78, 5) is 25.9. The Kier molecular flexibility index (Phi) is 5.77. The van der Waals surface area contributed by atoms with Crippen molar-refractivity contribution in [1.82, 2.24) is 0 Å². The van der Waals surface area contributed by atoms with Crippen molar-refractivity contribution in [1.29, 1.82) is 0 Å². The number of ether oxygens (including phenoxy) is 3. The Hall–Kier alpha value is -3.58. The molecule has 6 nitrogen and oxygen atoms in total. The molecule has 0 aliphatic carbocycles. The van der Waals surface area contributed by atoms with Gasteiger partial charge in [-0.2, -0.15) is 0 Å². The molecule has 0 aliphatic heterocycles. The summed E-state index contributed by atoms with van der Waals surface area (Å²) < 4.78 is 21.7. The van der Waals surface area contributed by atoms with Gasteiger partial charge < -0.3 is 18.6 Å². The first-order valence-corrected chi connectivity index (χ1v) is 10.4. The monoisotopic (exact) mass is 436 g/mol. The van der Waals surface area contributed by atoms with Crippen LogP contribution in [0.1, 0.15) is 10.4 Å². The Morgan fingerprint density at radius 3 is 2.55 bits per heavy atom. The third kappa shape index (κ3) is 4.18. The molecule has 31 heavy (non-hydrogen) atoms. The summed E-state index contributed by atoms with van der Waals surface area (Å²) >= 11 is 1.50. The van der Waals surface area contributed by atoms with Gasteiger partial charge in [0, 0.05) is 10.3 Å². The van der Waals surface area contributed by atoms with E-state index in [1.54, 1.807) is 43.5 Å². The quantitative estimate of drug-likeness (QED) is 0.241. The molecule has 4 rings (SSSR count). The van der Waals surface area contributed by atoms with Gasteiger partial charge in [-0.1, -0.05) is 12.1 Å². The minimum absolute atomic E-state index is 0.204. The molecule has 2 heterocycles. The van der Waals surface area contributed by atoms with E-state index in [0.29, 0.717) is 39.3 Å². The minimum Gasteiger partial charge on any atom is -0.493 e. The molecule has 158 valence electrons. The number of fused-ring (bicyclic) bond motifs is 1. The number of benzene rings is 2. The van der Waals surface area contributed by atoms with Gasteiger partial charge in [0.2, 0.25) is 0 Å². The average molecular weight is 436 g/mol. The van der Waals surface area contributed by atoms with E-state index in [0.717, 1.165) is 10.4 Å². The van der Waals surface area contributed by atoms with Crippen LogP contribution < -0.4 is 19.8 Å². The Labute approximate surface area is 182 Å². The molecule has 0 spiro atoms. The minimum atomic E-state index is -0.459. The molecule has 0 unspecified atom stereocenters. The van der Waals surface area contributed by atoms with Crippen LogP contribution in [-0.4, -0.2) is 20.2 Å². The number of thiophene rings is 1. The van der Waals surface area contributed by atoms with Crippen molar-refractivity contribution in [3.63, 3.8) is 0 Å². The fourth-order valence-corrected chi connectivity index (χ4v) is 4.13. The maximum atomic E-state index is 12.7. The van der Waals surface area contributed by atoms with Gasteiger partial charge in [-0.25, -0.2) is 4.79 Å². The molecule has 7 heteroatoms. The zero-order valence-corrected chi connectivity index (χ0v) is 18.1. The third-order valence-corrected chi connectivity index (χ3v) is 5.82. The highest BCUT2D eigenvalue weighted by Crippen LogP contribution is 2.34. The van der Waals surface area contributed by atoms with Crippen LogP contribution in [-0.2, 0) is 11.2 Å². The molecular weight excluding hydrogens is 416 g/mol. The summed E-state index contributed by atoms with van der Waals surface area (Å²) in [5, 5.41) is 2.60. The topological polar surface area (TPSA) is 75.0 Å². The van der Waals surface area contributed by atoms with Crippen molar-refractivity contribution in [3.05, 3.63) is 74.8 Å². The van der Waals surface area contributed by atoms with Crippen molar-refractivity contribution in [2.75, 3.05) is 14.2 Å². The van der Waals surface area contributed by atoms with Crippen LogP contribution in [0, 0.1) is 6.92 Å². The largest absolute Gasteiger partial charge is 0.493 e. The zero-order valence-electron chi connectivity index (χ0n) is 17.3. The summed E-state index contributed by atoms with van der Waals surface area (Å²) in [5.74, 6) is 1.12. The molecule has 0 N–H and O–H groups in total. The van der Waals surface area contributed by atoms with Gasteiger partial charge in [0.25, 0.3) is 0 Å². The summed E-state index contributed by atoms with van der Waals surface area (Å²) in [7, 11) is 3.09. The van der Waals surface area contributed by atoms with E-state index in [1.165, 1.54) is 18.4 Å². The molecule has 2 aromatic carbocycles. The van der Waals surface area contributed by atoms with E-state index in [9.17, 15) is 9.59 Å². The van der Waals surface area contributed by atoms with Crippen molar-refractivity contribution in [2.24, 2.45) is 0 Å². The van der Waals surface area contributed by atoms with Crippen LogP contribution in [0.2, 0.25) is 0 Å². The third-order valence-electron chi connectivity index (χ3n) is 4.94. The molecule has 0 saturated heterocycles. The van der Waals surface area contributed by atoms with Gasteiger partial charge in [0.15, 0.2) is 11.5 Å². The molecule has 0 saturated carbocycles. The number of methoxy groups -OCH3 is 2. The number of rotatable bonds is 6. The van der Waals surface area contributed by atoms with Gasteiger partial charge >= 0.3 is 11.6 Å². The smallest absolute Gasteiger partial charge is 0.344 e. The Morgan fingerprint density at radius 2 is 1.84 bits per heavy atom. The predicted octanol–water partition coefficient (Wildman–Crippen LogP) is 5.00. The van der Waals surface area contributed by atoms with Crippen LogP contribution >= 0.6 is 11.3 Å². The van der Waals surface area contributed by atoms with Gasteiger partial charge in [-0.15, -0.1) is 11.3 Å². The second-order valence-corrected chi connectivity index (χ2v) is 7.88. The number of hydrogen-bond donors (Lipinski definition) is 0. The van der Waals surface area contributed by atoms with E-state index in [-0.39, 0.29) is 12.4 Å². The van der Waals surface area contributed by atoms with Crippen LogP contribution in [0.15, 0.2) is 63.1 Å². The number of carbonyl (C=O) groups is 1. The highest BCUT2D eigenvalue weighted by atomic mass is 32.1. The Bertz CT molecular complexity index is 1300. The van der Waals surface area contributed by atoms with Crippen molar-refractivity contribution in [2.45, 2.75) is 13.3 Å². The van der Waals surface area contributed by atoms with E-state index in [2.05, 4.69) is 0 Å². The fraction of sp³-hybridized carbons (Fsp3) is 0.167. The van der Waals surface area contributed by atoms with Gasteiger partial charge in [0.05, 0.1) is 26.2 Å². The van der Waals surface area contributed by atoms with Crippen LogP contribution in [0.25, 0.3) is 22.1 Å². The number of esters is 1. The van der Waals surface area contributed by atoms with E-state index in [4.69, 9.17) is 18.6 Å². The molecule has 4 aromatic rings. The lowest BCUT2D eigenvalue weighted by Gasteiger charge is -2.12. The van der Waals surface area contributed by atoms with E-state index >= 15 is 0 Å². The molecule has 0 fully saturated rings. The Morgan fingerprint density at radius 1 is 1.03 bits per heavy atom. The SMILES string of the molecule is COc1ccc(-c2c(C)c3cc(OC(=O)Cc4cccs4)ccc3oc2=O)cc1OC. The lowest BCUT2D eigenvalue weighted by Crippen LogP contribution is -2.11. The lowest BCUT2D eigenvalue weighted by atomic mass is 9.99. The molecule has 0 bridgehead atoms. The maximum absolute atomic E-state index is 12.7. The normalized spacial score (nSPS) is 10.8. The van der Waals surface area contributed by atoms with Gasteiger partial charge in [0.1, 0.15) is 11.3 Å². The summed E-state index contributed by atoms with van der Waals surface area (Å²) in [6.45, 7) is 1.84. The predicted molar refractivity (Wildman–Crippen MR) is 119 cm³/mol. The summed E-state index contributed by atoms with van der Waals surface area (Å²) in [6, 6.07) is 14.0. The second kappa shape index (κ2) is 8.65. The van der Waals surface area contributed by atoms with Crippen LogP contribution in [0.3, 0.4) is 0 Å². The zero-order chi connectivity index (χ0) is 22.0. The highest BCUT2D eigenvalue weighted by Gasteiger charge is 2.17. The molecule has 0 atom stereocenters. The first kappa shape index (κ1) is 20.7. The number of hydrogen-bond acceptors (Lipinski definition) is 7. The standard InChI is InChI=1S/C24H20O6S/c1-14-18-12-16(29-22(25)13-17-5-4-10-31-17)7-9-19(18)30-24(26)23(14)15-6-8-20(27-2)21(11-15)28-3/h4-12H,13H2,1-3H3. The maximum Gasteiger partial charge on any atom is 0.344 e. The van der Waals surface area contributed by atoms with Crippen molar-refractivity contribution in [3.8, 4) is 28.4 Å². The second-order valence-electron chi connectivity index (χ2n) is 6.85. The van der Waals surface area contributed by atoms with Crippen LogP contribution in [0.4, 0.5) is 0 Å². The van der Waals surface area contributed by atoms with Crippen molar-refractivity contribution < 1.29 is 23.4 Å². The fourth-order valence-electron chi connectivity index (χ4n) is 3.44. The Balaban J connectivity index is 1.73. The van der Waals surface area contributed by atoms with Crippen LogP contribution in [0.5, 0.6) is 17.2 Å². The van der Waals surface area contributed by atoms with Crippen molar-refractivity contribution >= 4 is 28.3 Å². The molecule has 0 amide bonds. The average Bonchev–Trinajstić information content (AvgIpc) is 3.27. The van der Waals surface area contributed by atoms with Gasteiger partial charge in [-0.3, -0.25) is 4.79 Å². The van der Waals surface area contributed by atoms with Gasteiger partial charge in [-0.05, 0) is 59.8 Å². The lowest BCUT2D eigenvalue weighted by molar-refractivity contribution is -0.133. The van der Waals surface area contributed by atoms with E-state index < -0.39 is 5.63 Å². The summed E-state index contributed by atoms with van der Waals surface area (Å²) in [5.41, 5.74) is 1.74.